The fourth-order valence-electron chi connectivity index (χ4n) is 1.16. The first-order chi connectivity index (χ1) is 6.83. The van der Waals surface area contributed by atoms with Crippen LogP contribution in [0.1, 0.15) is 0 Å². The maximum atomic E-state index is 8.27. The zero-order valence-electron chi connectivity index (χ0n) is 7.20. The Morgan fingerprint density at radius 1 is 1.50 bits per heavy atom. The van der Waals surface area contributed by atoms with Gasteiger partial charge in [0.25, 0.3) is 0 Å². The molecule has 2 rings (SSSR count). The van der Waals surface area contributed by atoms with E-state index in [0.717, 1.165) is 0 Å². The minimum Gasteiger partial charge on any atom is -0.411 e. The molecule has 0 saturated heterocycles. The Kier molecular flexibility index (Phi) is 1.98. The van der Waals surface area contributed by atoms with Crippen molar-refractivity contribution in [2.24, 2.45) is 5.16 Å². The zero-order valence-corrected chi connectivity index (χ0v) is 7.20. The number of hydrogen-bond acceptors (Lipinski definition) is 6. The first kappa shape index (κ1) is 8.42. The van der Waals surface area contributed by atoms with Crippen molar-refractivity contribution in [2.75, 3.05) is 5.73 Å². The second kappa shape index (κ2) is 3.29. The number of nitrogens with zero attached hydrogens (tertiary/aromatic N) is 5. The van der Waals surface area contributed by atoms with Gasteiger partial charge in [-0.3, -0.25) is 0 Å². The molecule has 2 heterocycles. The SMILES string of the molecule is Nc1ncnc2c1ncn2CC=NO. The van der Waals surface area contributed by atoms with E-state index in [1.165, 1.54) is 12.5 Å². The van der Waals surface area contributed by atoms with E-state index in [0.29, 0.717) is 23.5 Å². The second-order valence-electron chi connectivity index (χ2n) is 2.63. The summed E-state index contributed by atoms with van der Waals surface area (Å²) < 4.78 is 1.70. The summed E-state index contributed by atoms with van der Waals surface area (Å²) in [7, 11) is 0. The van der Waals surface area contributed by atoms with Crippen molar-refractivity contribution in [3.05, 3.63) is 12.7 Å². The first-order valence-corrected chi connectivity index (χ1v) is 3.90. The topological polar surface area (TPSA) is 102 Å². The highest BCUT2D eigenvalue weighted by atomic mass is 16.4. The third kappa shape index (κ3) is 1.24. The number of rotatable bonds is 2. The molecule has 0 aliphatic rings. The van der Waals surface area contributed by atoms with E-state index in [4.69, 9.17) is 10.9 Å². The van der Waals surface area contributed by atoms with Crippen LogP contribution in [0.25, 0.3) is 11.2 Å². The molecule has 0 bridgehead atoms. The van der Waals surface area contributed by atoms with Crippen molar-refractivity contribution in [1.29, 1.82) is 0 Å². The first-order valence-electron chi connectivity index (χ1n) is 3.90. The van der Waals surface area contributed by atoms with Crippen molar-refractivity contribution in [2.45, 2.75) is 6.54 Å². The molecule has 3 N–H and O–H groups in total. The number of imidazole rings is 1. The van der Waals surface area contributed by atoms with Gasteiger partial charge < -0.3 is 15.5 Å². The van der Waals surface area contributed by atoms with E-state index in [1.54, 1.807) is 10.9 Å². The lowest BCUT2D eigenvalue weighted by Crippen LogP contribution is -1.99. The molecule has 0 radical (unpaired) electrons. The van der Waals surface area contributed by atoms with Gasteiger partial charge in [-0.15, -0.1) is 5.16 Å². The predicted molar refractivity (Wildman–Crippen MR) is 50.0 cm³/mol. The third-order valence-corrected chi connectivity index (χ3v) is 1.79. The Hall–Kier alpha value is -2.18. The maximum Gasteiger partial charge on any atom is 0.165 e. The average Bonchev–Trinajstić information content (AvgIpc) is 2.60. The summed E-state index contributed by atoms with van der Waals surface area (Å²) in [5, 5.41) is 11.2. The second-order valence-corrected chi connectivity index (χ2v) is 2.63. The lowest BCUT2D eigenvalue weighted by molar-refractivity contribution is 0.320. The molecule has 0 unspecified atom stereocenters. The van der Waals surface area contributed by atoms with Crippen molar-refractivity contribution in [3.63, 3.8) is 0 Å². The molecule has 0 aliphatic carbocycles. The number of oxime groups is 1. The summed E-state index contributed by atoms with van der Waals surface area (Å²) in [6, 6.07) is 0. The van der Waals surface area contributed by atoms with Crippen LogP contribution in [0, 0.1) is 0 Å². The molecule has 72 valence electrons. The quantitative estimate of drug-likeness (QED) is 0.392. The van der Waals surface area contributed by atoms with Crippen molar-refractivity contribution in [3.8, 4) is 0 Å². The Labute approximate surface area is 78.9 Å². The molecule has 0 aromatic carbocycles. The highest BCUT2D eigenvalue weighted by Crippen LogP contribution is 2.13. The molecule has 7 nitrogen and oxygen atoms in total. The molecule has 2 aromatic heterocycles. The van der Waals surface area contributed by atoms with Gasteiger partial charge in [0.05, 0.1) is 19.1 Å². The van der Waals surface area contributed by atoms with Crippen LogP contribution in [0.15, 0.2) is 17.8 Å². The van der Waals surface area contributed by atoms with Gasteiger partial charge in [-0.1, -0.05) is 0 Å². The number of hydrogen-bond donors (Lipinski definition) is 2. The van der Waals surface area contributed by atoms with Crippen molar-refractivity contribution < 1.29 is 5.21 Å². The van der Waals surface area contributed by atoms with Crippen LogP contribution in [-0.2, 0) is 6.54 Å². The molecule has 0 fully saturated rings. The van der Waals surface area contributed by atoms with E-state index >= 15 is 0 Å². The number of anilines is 1. The predicted octanol–water partition coefficient (Wildman–Crippen LogP) is -0.132. The van der Waals surface area contributed by atoms with Gasteiger partial charge in [-0.05, 0) is 0 Å². The third-order valence-electron chi connectivity index (χ3n) is 1.79. The summed E-state index contributed by atoms with van der Waals surface area (Å²) >= 11 is 0. The Bertz CT molecular complexity index is 476. The highest BCUT2D eigenvalue weighted by molar-refractivity contribution is 5.81. The monoisotopic (exact) mass is 192 g/mol. The molecule has 0 amide bonds. The average molecular weight is 192 g/mol. The Morgan fingerprint density at radius 3 is 3.14 bits per heavy atom. The van der Waals surface area contributed by atoms with E-state index in [1.807, 2.05) is 0 Å². The standard InChI is InChI=1S/C7H8N6O/c8-6-5-7(10-3-9-6)13(4-11-5)2-1-12-14/h1,3-4,14H,2H2,(H2,8,9,10). The largest absolute Gasteiger partial charge is 0.411 e. The summed E-state index contributed by atoms with van der Waals surface area (Å²) in [6.07, 6.45) is 4.27. The Balaban J connectivity index is 2.52. The normalized spacial score (nSPS) is 11.4. The smallest absolute Gasteiger partial charge is 0.165 e. The van der Waals surface area contributed by atoms with Crippen LogP contribution in [-0.4, -0.2) is 30.9 Å². The van der Waals surface area contributed by atoms with Crippen LogP contribution < -0.4 is 5.73 Å². The molecule has 0 aliphatic heterocycles. The summed E-state index contributed by atoms with van der Waals surface area (Å²) in [5.74, 6) is 0.342. The van der Waals surface area contributed by atoms with Crippen molar-refractivity contribution >= 4 is 23.2 Å². The van der Waals surface area contributed by atoms with Crippen molar-refractivity contribution in [1.82, 2.24) is 19.5 Å². The fraction of sp³-hybridized carbons (Fsp3) is 0.143. The Morgan fingerprint density at radius 2 is 2.36 bits per heavy atom. The van der Waals surface area contributed by atoms with E-state index in [9.17, 15) is 0 Å². The van der Waals surface area contributed by atoms with Crippen LogP contribution >= 0.6 is 0 Å². The maximum absolute atomic E-state index is 8.27. The van der Waals surface area contributed by atoms with Gasteiger partial charge in [0, 0.05) is 0 Å². The number of aromatic nitrogens is 4. The van der Waals surface area contributed by atoms with E-state index in [2.05, 4.69) is 20.1 Å². The fourth-order valence-corrected chi connectivity index (χ4v) is 1.16. The minimum absolute atomic E-state index is 0.342. The molecule has 0 saturated carbocycles. The molecular formula is C7H8N6O. The van der Waals surface area contributed by atoms with Gasteiger partial charge in [-0.25, -0.2) is 15.0 Å². The van der Waals surface area contributed by atoms with E-state index < -0.39 is 0 Å². The summed E-state index contributed by atoms with van der Waals surface area (Å²) in [4.78, 5) is 11.9. The molecule has 0 atom stereocenters. The number of fused-ring (bicyclic) bond motifs is 1. The van der Waals surface area contributed by atoms with Gasteiger partial charge >= 0.3 is 0 Å². The van der Waals surface area contributed by atoms with Gasteiger partial charge in [0.1, 0.15) is 11.8 Å². The number of nitrogen functional groups attached to an aromatic ring is 1. The summed E-state index contributed by atoms with van der Waals surface area (Å²) in [6.45, 7) is 0.392. The molecule has 14 heavy (non-hydrogen) atoms. The number of nitrogens with two attached hydrogens (primary N) is 1. The van der Waals surface area contributed by atoms with Gasteiger partial charge in [0.15, 0.2) is 11.5 Å². The molecule has 0 spiro atoms. The van der Waals surface area contributed by atoms with Crippen LogP contribution in [0.2, 0.25) is 0 Å². The van der Waals surface area contributed by atoms with Crippen LogP contribution in [0.5, 0.6) is 0 Å². The van der Waals surface area contributed by atoms with Gasteiger partial charge in [-0.2, -0.15) is 0 Å². The molecule has 7 heteroatoms. The molecule has 2 aromatic rings. The van der Waals surface area contributed by atoms with E-state index in [-0.39, 0.29) is 0 Å². The van der Waals surface area contributed by atoms with Crippen LogP contribution in [0.4, 0.5) is 5.82 Å². The summed E-state index contributed by atoms with van der Waals surface area (Å²) in [5.41, 5.74) is 6.77. The van der Waals surface area contributed by atoms with Crippen LogP contribution in [0.3, 0.4) is 0 Å². The zero-order chi connectivity index (χ0) is 9.97. The highest BCUT2D eigenvalue weighted by Gasteiger charge is 2.05. The lowest BCUT2D eigenvalue weighted by atomic mass is 10.5. The lowest BCUT2D eigenvalue weighted by Gasteiger charge is -1.97. The van der Waals surface area contributed by atoms with Gasteiger partial charge in [0.2, 0.25) is 0 Å². The minimum atomic E-state index is 0.342. The molecular weight excluding hydrogens is 184 g/mol.